The van der Waals surface area contributed by atoms with Gasteiger partial charge in [0.1, 0.15) is 0 Å². The minimum Gasteiger partial charge on any atom is -0.478 e. The van der Waals surface area contributed by atoms with Crippen LogP contribution in [0.3, 0.4) is 0 Å². The Labute approximate surface area is 94.5 Å². The van der Waals surface area contributed by atoms with E-state index < -0.39 is 18.6 Å². The Morgan fingerprint density at radius 3 is 2.25 bits per heavy atom. The highest BCUT2D eigenvalue weighted by Gasteiger charge is 2.26. The second-order valence-corrected chi connectivity index (χ2v) is 4.21. The SMILES string of the molecule is O=C(O)c1ccc(SCCC(F)(F)F)cc1. The van der Waals surface area contributed by atoms with Gasteiger partial charge in [-0.3, -0.25) is 0 Å². The first-order chi connectivity index (χ1) is 7.38. The van der Waals surface area contributed by atoms with Crippen molar-refractivity contribution in [1.82, 2.24) is 0 Å². The van der Waals surface area contributed by atoms with E-state index >= 15 is 0 Å². The molecule has 88 valence electrons. The molecule has 0 heterocycles. The topological polar surface area (TPSA) is 37.3 Å². The van der Waals surface area contributed by atoms with Gasteiger partial charge in [0.15, 0.2) is 0 Å². The number of carboxylic acids is 1. The molecule has 0 saturated heterocycles. The van der Waals surface area contributed by atoms with Crippen LogP contribution >= 0.6 is 11.8 Å². The highest BCUT2D eigenvalue weighted by atomic mass is 32.2. The van der Waals surface area contributed by atoms with E-state index in [0.29, 0.717) is 4.90 Å². The summed E-state index contributed by atoms with van der Waals surface area (Å²) in [5.74, 6) is -1.11. The molecule has 0 amide bonds. The van der Waals surface area contributed by atoms with Gasteiger partial charge in [-0.15, -0.1) is 11.8 Å². The van der Waals surface area contributed by atoms with Crippen molar-refractivity contribution in [3.63, 3.8) is 0 Å². The number of carbonyl (C=O) groups is 1. The fourth-order valence-corrected chi connectivity index (χ4v) is 1.88. The van der Waals surface area contributed by atoms with Crippen molar-refractivity contribution in [2.45, 2.75) is 17.5 Å². The number of thioether (sulfide) groups is 1. The molecule has 0 aliphatic carbocycles. The number of carboxylic acid groups (broad SMARTS) is 1. The zero-order valence-electron chi connectivity index (χ0n) is 8.12. The summed E-state index contributed by atoms with van der Waals surface area (Å²) in [5, 5.41) is 8.60. The van der Waals surface area contributed by atoms with Gasteiger partial charge in [0.05, 0.1) is 12.0 Å². The Bertz CT molecular complexity index is 359. The lowest BCUT2D eigenvalue weighted by Crippen LogP contribution is -2.07. The summed E-state index contributed by atoms with van der Waals surface area (Å²) >= 11 is 1.05. The van der Waals surface area contributed by atoms with Crippen LogP contribution in [0.2, 0.25) is 0 Å². The molecule has 6 heteroatoms. The van der Waals surface area contributed by atoms with Crippen LogP contribution in [0.15, 0.2) is 29.2 Å². The van der Waals surface area contributed by atoms with Crippen molar-refractivity contribution in [3.05, 3.63) is 29.8 Å². The molecular formula is C10H9F3O2S. The van der Waals surface area contributed by atoms with E-state index in [4.69, 9.17) is 5.11 Å². The van der Waals surface area contributed by atoms with Gasteiger partial charge in [0.25, 0.3) is 0 Å². The lowest BCUT2D eigenvalue weighted by Gasteiger charge is -2.05. The van der Waals surface area contributed by atoms with Crippen LogP contribution in [0.4, 0.5) is 13.2 Å². The fourth-order valence-electron chi connectivity index (χ4n) is 0.978. The van der Waals surface area contributed by atoms with E-state index in [1.807, 2.05) is 0 Å². The quantitative estimate of drug-likeness (QED) is 0.832. The van der Waals surface area contributed by atoms with Crippen molar-refractivity contribution in [2.24, 2.45) is 0 Å². The molecule has 0 unspecified atom stereocenters. The summed E-state index contributed by atoms with van der Waals surface area (Å²) in [6.45, 7) is 0. The van der Waals surface area contributed by atoms with Crippen LogP contribution in [-0.2, 0) is 0 Å². The van der Waals surface area contributed by atoms with Crippen molar-refractivity contribution >= 4 is 17.7 Å². The lowest BCUT2D eigenvalue weighted by atomic mass is 10.2. The second-order valence-electron chi connectivity index (χ2n) is 3.04. The molecule has 1 N–H and O–H groups in total. The van der Waals surface area contributed by atoms with Crippen molar-refractivity contribution in [1.29, 1.82) is 0 Å². The molecule has 0 aliphatic rings. The molecule has 0 aliphatic heterocycles. The Balaban J connectivity index is 2.47. The molecule has 1 rings (SSSR count). The van der Waals surface area contributed by atoms with Crippen LogP contribution in [0.1, 0.15) is 16.8 Å². The molecule has 0 fully saturated rings. The molecule has 1 aromatic carbocycles. The maximum Gasteiger partial charge on any atom is 0.389 e. The molecule has 0 spiro atoms. The summed E-state index contributed by atoms with van der Waals surface area (Å²) in [6, 6.07) is 5.76. The van der Waals surface area contributed by atoms with Crippen molar-refractivity contribution < 1.29 is 23.1 Å². The summed E-state index contributed by atoms with van der Waals surface area (Å²) in [4.78, 5) is 11.1. The molecule has 0 atom stereocenters. The van der Waals surface area contributed by atoms with Gasteiger partial charge >= 0.3 is 12.1 Å². The average molecular weight is 250 g/mol. The third-order valence-electron chi connectivity index (χ3n) is 1.76. The monoisotopic (exact) mass is 250 g/mol. The van der Waals surface area contributed by atoms with Crippen LogP contribution in [0, 0.1) is 0 Å². The lowest BCUT2D eigenvalue weighted by molar-refractivity contribution is -0.129. The Kier molecular flexibility index (Phi) is 4.23. The molecule has 0 saturated carbocycles. The normalized spacial score (nSPS) is 11.4. The van der Waals surface area contributed by atoms with Crippen LogP contribution < -0.4 is 0 Å². The number of aromatic carboxylic acids is 1. The zero-order chi connectivity index (χ0) is 12.2. The van der Waals surface area contributed by atoms with E-state index in [9.17, 15) is 18.0 Å². The van der Waals surface area contributed by atoms with Gasteiger partial charge in [-0.1, -0.05) is 0 Å². The van der Waals surface area contributed by atoms with Gasteiger partial charge in [-0.25, -0.2) is 4.79 Å². The molecule has 1 aromatic rings. The standard InChI is InChI=1S/C10H9F3O2S/c11-10(12,13)5-6-16-8-3-1-7(2-4-8)9(14)15/h1-4H,5-6H2,(H,14,15). The van der Waals surface area contributed by atoms with Crippen molar-refractivity contribution in [2.75, 3.05) is 5.75 Å². The maximum absolute atomic E-state index is 11.8. The highest BCUT2D eigenvalue weighted by molar-refractivity contribution is 7.99. The predicted octanol–water partition coefficient (Wildman–Crippen LogP) is 3.43. The van der Waals surface area contributed by atoms with Crippen molar-refractivity contribution in [3.8, 4) is 0 Å². The van der Waals surface area contributed by atoms with E-state index in [1.165, 1.54) is 24.3 Å². The summed E-state index contributed by atoms with van der Waals surface area (Å²) in [6.07, 6.45) is -4.99. The minimum atomic E-state index is -4.14. The van der Waals surface area contributed by atoms with E-state index in [2.05, 4.69) is 0 Å². The first-order valence-corrected chi connectivity index (χ1v) is 5.40. The fraction of sp³-hybridized carbons (Fsp3) is 0.300. The second kappa shape index (κ2) is 5.25. The number of hydrogen-bond acceptors (Lipinski definition) is 2. The largest absolute Gasteiger partial charge is 0.478 e. The highest BCUT2D eigenvalue weighted by Crippen LogP contribution is 2.26. The number of alkyl halides is 3. The van der Waals surface area contributed by atoms with Gasteiger partial charge in [0.2, 0.25) is 0 Å². The predicted molar refractivity (Wildman–Crippen MR) is 54.8 cm³/mol. The first-order valence-electron chi connectivity index (χ1n) is 4.41. The smallest absolute Gasteiger partial charge is 0.389 e. The number of halogens is 3. The number of benzene rings is 1. The van der Waals surface area contributed by atoms with Gasteiger partial charge < -0.3 is 5.11 Å². The maximum atomic E-state index is 11.8. The average Bonchev–Trinajstić information content (AvgIpc) is 2.16. The van der Waals surface area contributed by atoms with Crippen LogP contribution in [-0.4, -0.2) is 23.0 Å². The third kappa shape index (κ3) is 4.57. The van der Waals surface area contributed by atoms with Gasteiger partial charge in [0, 0.05) is 10.6 Å². The molecule has 0 radical (unpaired) electrons. The molecule has 0 aromatic heterocycles. The zero-order valence-corrected chi connectivity index (χ0v) is 8.94. The van der Waals surface area contributed by atoms with E-state index in [0.717, 1.165) is 11.8 Å². The first kappa shape index (κ1) is 12.9. The van der Waals surface area contributed by atoms with Gasteiger partial charge in [-0.2, -0.15) is 13.2 Å². The summed E-state index contributed by atoms with van der Waals surface area (Å²) < 4.78 is 35.5. The molecular weight excluding hydrogens is 241 g/mol. The van der Waals surface area contributed by atoms with E-state index in [-0.39, 0.29) is 11.3 Å². The van der Waals surface area contributed by atoms with Crippen LogP contribution in [0.25, 0.3) is 0 Å². The minimum absolute atomic E-state index is 0.0596. The van der Waals surface area contributed by atoms with E-state index in [1.54, 1.807) is 0 Å². The number of hydrogen-bond donors (Lipinski definition) is 1. The van der Waals surface area contributed by atoms with Crippen LogP contribution in [0.5, 0.6) is 0 Å². The Morgan fingerprint density at radius 2 is 1.81 bits per heavy atom. The number of rotatable bonds is 4. The van der Waals surface area contributed by atoms with Gasteiger partial charge in [-0.05, 0) is 24.3 Å². The summed E-state index contributed by atoms with van der Waals surface area (Å²) in [5.41, 5.74) is 0.125. The Morgan fingerprint density at radius 1 is 1.25 bits per heavy atom. The summed E-state index contributed by atoms with van der Waals surface area (Å²) in [7, 11) is 0. The third-order valence-corrected chi connectivity index (χ3v) is 2.77. The molecule has 0 bridgehead atoms. The molecule has 2 nitrogen and oxygen atoms in total. The Hall–Kier alpha value is -1.17. The molecule has 16 heavy (non-hydrogen) atoms.